The van der Waals surface area contributed by atoms with E-state index < -0.39 is 6.04 Å². The molecule has 0 fully saturated rings. The summed E-state index contributed by atoms with van der Waals surface area (Å²) in [4.78, 5) is 24.9. The van der Waals surface area contributed by atoms with Gasteiger partial charge in [0.15, 0.2) is 11.0 Å². The van der Waals surface area contributed by atoms with E-state index in [1.54, 1.807) is 48.5 Å². The number of nitrogens with zero attached hydrogens (tertiary/aromatic N) is 3. The Morgan fingerprint density at radius 3 is 2.62 bits per heavy atom. The minimum atomic E-state index is -0.397. The summed E-state index contributed by atoms with van der Waals surface area (Å²) < 4.78 is 1.82. The number of hydrogen-bond acceptors (Lipinski definition) is 5. The normalized spacial score (nSPS) is 11.6. The van der Waals surface area contributed by atoms with Crippen molar-refractivity contribution in [2.24, 2.45) is 0 Å². The molecule has 1 unspecified atom stereocenters. The number of nitrogens with one attached hydrogen (secondary N) is 2. The van der Waals surface area contributed by atoms with E-state index in [0.717, 1.165) is 0 Å². The minimum Gasteiger partial charge on any atom is -0.342 e. The molecule has 2 aromatic carbocycles. The number of thioether (sulfide) groups is 1. The van der Waals surface area contributed by atoms with Crippen molar-refractivity contribution in [1.29, 1.82) is 0 Å². The van der Waals surface area contributed by atoms with E-state index in [-0.39, 0.29) is 17.6 Å². The summed E-state index contributed by atoms with van der Waals surface area (Å²) in [6, 6.07) is 13.4. The number of benzene rings is 2. The molecule has 0 aliphatic carbocycles. The second-order valence-electron chi connectivity index (χ2n) is 6.76. The van der Waals surface area contributed by atoms with E-state index in [4.69, 9.17) is 23.2 Å². The number of halogens is 2. The van der Waals surface area contributed by atoms with Crippen molar-refractivity contribution in [2.45, 2.75) is 24.7 Å². The average Bonchev–Trinajstić information content (AvgIpc) is 3.18. The van der Waals surface area contributed by atoms with Crippen molar-refractivity contribution in [3.63, 3.8) is 0 Å². The smallest absolute Gasteiger partial charge is 0.251 e. The molecule has 7 nitrogen and oxygen atoms in total. The number of anilines is 1. The first-order valence-electron chi connectivity index (χ1n) is 9.66. The second-order valence-corrected chi connectivity index (χ2v) is 8.55. The van der Waals surface area contributed by atoms with Crippen LogP contribution in [0.5, 0.6) is 0 Å². The summed E-state index contributed by atoms with van der Waals surface area (Å²) in [6.07, 6.45) is 1.70. The Morgan fingerprint density at radius 1 is 1.19 bits per heavy atom. The summed E-state index contributed by atoms with van der Waals surface area (Å²) in [5, 5.41) is 15.5. The number of rotatable bonds is 9. The van der Waals surface area contributed by atoms with Gasteiger partial charge in [0.1, 0.15) is 0 Å². The van der Waals surface area contributed by atoms with E-state index in [0.29, 0.717) is 38.8 Å². The maximum absolute atomic E-state index is 12.5. The predicted octanol–water partition coefficient (Wildman–Crippen LogP) is 4.99. The van der Waals surface area contributed by atoms with Gasteiger partial charge in [-0.05, 0) is 37.3 Å². The third kappa shape index (κ3) is 6.12. The molecule has 1 atom stereocenters. The second kappa shape index (κ2) is 11.2. The molecule has 1 aromatic heterocycles. The Kier molecular flexibility index (Phi) is 8.33. The van der Waals surface area contributed by atoms with Gasteiger partial charge in [0.25, 0.3) is 5.91 Å². The third-order valence-electron chi connectivity index (χ3n) is 4.37. The van der Waals surface area contributed by atoms with E-state index in [9.17, 15) is 9.59 Å². The number of amides is 2. The molecule has 0 bridgehead atoms. The quantitative estimate of drug-likeness (QED) is 0.326. The van der Waals surface area contributed by atoms with E-state index in [2.05, 4.69) is 27.4 Å². The van der Waals surface area contributed by atoms with Crippen LogP contribution in [0.1, 0.15) is 29.1 Å². The van der Waals surface area contributed by atoms with Crippen LogP contribution < -0.4 is 10.6 Å². The van der Waals surface area contributed by atoms with E-state index >= 15 is 0 Å². The lowest BCUT2D eigenvalue weighted by molar-refractivity contribution is -0.113. The Hall–Kier alpha value is -2.81. The van der Waals surface area contributed by atoms with Crippen molar-refractivity contribution >= 4 is 52.5 Å². The molecule has 1 heterocycles. The summed E-state index contributed by atoms with van der Waals surface area (Å²) >= 11 is 13.2. The van der Waals surface area contributed by atoms with Crippen LogP contribution in [-0.2, 0) is 11.3 Å². The number of aromatic nitrogens is 3. The lowest BCUT2D eigenvalue weighted by atomic mass is 10.2. The van der Waals surface area contributed by atoms with Gasteiger partial charge in [-0.3, -0.25) is 9.59 Å². The van der Waals surface area contributed by atoms with Gasteiger partial charge in [0.2, 0.25) is 5.91 Å². The average molecular weight is 490 g/mol. The molecule has 10 heteroatoms. The molecule has 2 N–H and O–H groups in total. The molecule has 166 valence electrons. The van der Waals surface area contributed by atoms with Crippen LogP contribution in [-0.4, -0.2) is 32.3 Å². The van der Waals surface area contributed by atoms with Gasteiger partial charge in [0.05, 0.1) is 22.5 Å². The molecular formula is C22H21Cl2N5O2S. The molecule has 0 aliphatic rings. The van der Waals surface area contributed by atoms with Crippen molar-refractivity contribution in [3.05, 3.63) is 82.6 Å². The van der Waals surface area contributed by atoms with E-state index in [1.165, 1.54) is 11.8 Å². The fraction of sp³-hybridized carbons (Fsp3) is 0.182. The standard InChI is InChI=1S/C22H21Cl2N5O2S/c1-3-11-29-20(14(2)25-21(31)15-7-5-4-6-8-15)27-28-22(29)32-13-19(30)26-18-10-9-16(23)12-17(18)24/h3-10,12,14H,1,11,13H2,2H3,(H,25,31)(H,26,30). The maximum atomic E-state index is 12.5. The van der Waals surface area contributed by atoms with Gasteiger partial charge >= 0.3 is 0 Å². The molecule has 0 spiro atoms. The monoisotopic (exact) mass is 489 g/mol. The first-order chi connectivity index (χ1) is 15.4. The highest BCUT2D eigenvalue weighted by Gasteiger charge is 2.20. The lowest BCUT2D eigenvalue weighted by Crippen LogP contribution is -2.28. The van der Waals surface area contributed by atoms with Crippen molar-refractivity contribution in [1.82, 2.24) is 20.1 Å². The SMILES string of the molecule is C=CCn1c(SCC(=O)Nc2ccc(Cl)cc2Cl)nnc1C(C)NC(=O)c1ccccc1. The van der Waals surface area contributed by atoms with Crippen LogP contribution >= 0.6 is 35.0 Å². The van der Waals surface area contributed by atoms with Gasteiger partial charge < -0.3 is 15.2 Å². The zero-order chi connectivity index (χ0) is 23.1. The summed E-state index contributed by atoms with van der Waals surface area (Å²) in [5.41, 5.74) is 1.04. The van der Waals surface area contributed by atoms with Crippen molar-refractivity contribution in [3.8, 4) is 0 Å². The fourth-order valence-corrected chi connectivity index (χ4v) is 4.08. The molecule has 0 radical (unpaired) electrons. The first kappa shape index (κ1) is 23.8. The first-order valence-corrected chi connectivity index (χ1v) is 11.4. The molecule has 3 rings (SSSR count). The molecule has 0 aliphatic heterocycles. The van der Waals surface area contributed by atoms with Crippen molar-refractivity contribution < 1.29 is 9.59 Å². The van der Waals surface area contributed by atoms with Crippen LogP contribution in [0.15, 0.2) is 66.3 Å². The van der Waals surface area contributed by atoms with E-state index in [1.807, 2.05) is 17.6 Å². The zero-order valence-corrected chi connectivity index (χ0v) is 19.5. The number of carbonyl (C=O) groups is 2. The molecule has 2 amide bonds. The number of hydrogen-bond donors (Lipinski definition) is 2. The summed E-state index contributed by atoms with van der Waals surface area (Å²) in [7, 11) is 0. The van der Waals surface area contributed by atoms with Crippen LogP contribution in [0.3, 0.4) is 0 Å². The Bertz CT molecular complexity index is 1120. The van der Waals surface area contributed by atoms with Gasteiger partial charge in [-0.25, -0.2) is 0 Å². The molecule has 32 heavy (non-hydrogen) atoms. The van der Waals surface area contributed by atoms with Gasteiger partial charge in [-0.1, -0.05) is 59.2 Å². The highest BCUT2D eigenvalue weighted by Crippen LogP contribution is 2.26. The van der Waals surface area contributed by atoms with Crippen molar-refractivity contribution in [2.75, 3.05) is 11.1 Å². The van der Waals surface area contributed by atoms with Crippen LogP contribution in [0.4, 0.5) is 5.69 Å². The third-order valence-corrected chi connectivity index (χ3v) is 5.88. The zero-order valence-electron chi connectivity index (χ0n) is 17.2. The largest absolute Gasteiger partial charge is 0.342 e. The maximum Gasteiger partial charge on any atom is 0.251 e. The molecule has 0 saturated heterocycles. The molecular weight excluding hydrogens is 469 g/mol. The Labute approximate surface area is 200 Å². The van der Waals surface area contributed by atoms with Crippen LogP contribution in [0, 0.1) is 0 Å². The van der Waals surface area contributed by atoms with Crippen LogP contribution in [0.25, 0.3) is 0 Å². The van der Waals surface area contributed by atoms with Gasteiger partial charge in [-0.2, -0.15) is 0 Å². The van der Waals surface area contributed by atoms with Gasteiger partial charge in [-0.15, -0.1) is 16.8 Å². The highest BCUT2D eigenvalue weighted by molar-refractivity contribution is 7.99. The lowest BCUT2D eigenvalue weighted by Gasteiger charge is -2.15. The topological polar surface area (TPSA) is 88.9 Å². The number of carbonyl (C=O) groups excluding carboxylic acids is 2. The Balaban J connectivity index is 1.66. The summed E-state index contributed by atoms with van der Waals surface area (Å²) in [5.74, 6) is 0.204. The summed E-state index contributed by atoms with van der Waals surface area (Å²) in [6.45, 7) is 6.03. The number of allylic oxidation sites excluding steroid dienone is 1. The predicted molar refractivity (Wildman–Crippen MR) is 128 cm³/mol. The molecule has 0 saturated carbocycles. The highest BCUT2D eigenvalue weighted by atomic mass is 35.5. The Morgan fingerprint density at radius 2 is 1.94 bits per heavy atom. The van der Waals surface area contributed by atoms with Crippen LogP contribution in [0.2, 0.25) is 10.0 Å². The molecule has 3 aromatic rings. The fourth-order valence-electron chi connectivity index (χ4n) is 2.87. The van der Waals surface area contributed by atoms with Gasteiger partial charge in [0, 0.05) is 17.1 Å². The minimum absolute atomic E-state index is 0.0962.